The number of aromatic nitrogens is 1. The van der Waals surface area contributed by atoms with E-state index in [1.165, 1.54) is 0 Å². The molecule has 1 aliphatic carbocycles. The van der Waals surface area contributed by atoms with Crippen molar-refractivity contribution in [1.29, 1.82) is 0 Å². The first-order valence-electron chi connectivity index (χ1n) is 9.28. The molecule has 3 heterocycles. The average molecular weight is 349 g/mol. The van der Waals surface area contributed by atoms with Crippen LogP contribution in [-0.2, 0) is 9.53 Å². The molecule has 7 nitrogen and oxygen atoms in total. The minimum absolute atomic E-state index is 0.0853. The van der Waals surface area contributed by atoms with Crippen molar-refractivity contribution in [2.24, 2.45) is 5.92 Å². The Balaban J connectivity index is 1.42. The molecule has 2 aliphatic heterocycles. The van der Waals surface area contributed by atoms with Gasteiger partial charge in [0.05, 0.1) is 23.9 Å². The molecule has 3 aliphatic rings. The van der Waals surface area contributed by atoms with E-state index < -0.39 is 11.6 Å². The molecule has 7 heteroatoms. The number of anilines is 1. The second kappa shape index (κ2) is 6.29. The van der Waals surface area contributed by atoms with E-state index in [1.54, 1.807) is 12.5 Å². The maximum absolute atomic E-state index is 12.4. The summed E-state index contributed by atoms with van der Waals surface area (Å²) in [4.78, 5) is 18.8. The highest BCUT2D eigenvalue weighted by Crippen LogP contribution is 2.41. The first kappa shape index (κ1) is 16.8. The number of amides is 1. The highest BCUT2D eigenvalue weighted by molar-refractivity contribution is 5.80. The van der Waals surface area contributed by atoms with Crippen molar-refractivity contribution in [3.8, 4) is 0 Å². The van der Waals surface area contributed by atoms with Crippen LogP contribution in [0.2, 0.25) is 0 Å². The molecular formula is C18H27N3O4. The van der Waals surface area contributed by atoms with Crippen LogP contribution in [0.4, 0.5) is 6.01 Å². The normalized spacial score (nSPS) is 32.4. The fourth-order valence-electron chi connectivity index (χ4n) is 4.26. The molecule has 0 aromatic carbocycles. The minimum Gasteiger partial charge on any atom is -0.432 e. The van der Waals surface area contributed by atoms with Crippen molar-refractivity contribution in [2.45, 2.75) is 62.7 Å². The monoisotopic (exact) mass is 349 g/mol. The zero-order valence-electron chi connectivity index (χ0n) is 14.7. The average Bonchev–Trinajstić information content (AvgIpc) is 3.04. The summed E-state index contributed by atoms with van der Waals surface area (Å²) in [7, 11) is 0. The Kier molecular flexibility index (Phi) is 4.24. The smallest absolute Gasteiger partial charge is 0.297 e. The number of oxazole rings is 1. The number of piperidine rings is 1. The van der Waals surface area contributed by atoms with Crippen LogP contribution in [0.25, 0.3) is 0 Å². The van der Waals surface area contributed by atoms with Crippen LogP contribution in [-0.4, -0.2) is 52.9 Å². The number of nitrogens with zero attached hydrogens (tertiary/aromatic N) is 2. The van der Waals surface area contributed by atoms with Crippen LogP contribution in [0.1, 0.15) is 45.4 Å². The topological polar surface area (TPSA) is 87.8 Å². The van der Waals surface area contributed by atoms with Crippen LogP contribution in [0.3, 0.4) is 0 Å². The number of rotatable bonds is 3. The van der Waals surface area contributed by atoms with Gasteiger partial charge in [-0.3, -0.25) is 4.79 Å². The quantitative estimate of drug-likeness (QED) is 0.859. The molecule has 1 aromatic rings. The Labute approximate surface area is 147 Å². The van der Waals surface area contributed by atoms with Crippen molar-refractivity contribution in [1.82, 2.24) is 10.3 Å². The van der Waals surface area contributed by atoms with Gasteiger partial charge in [-0.05, 0) is 32.6 Å². The lowest BCUT2D eigenvalue weighted by molar-refractivity contribution is -0.174. The standard InChI is InChI=1S/C18H27N3O4/c1-17(20-15(23)13-3-2-4-13)12-18(25-11-14(17)22)5-8-21(9-6-18)16-19-7-10-24-16/h7,10,13-14,22H,2-6,8-9,11-12H2,1H3,(H,20,23)/t14-,17-/m1/s1. The Morgan fingerprint density at radius 2 is 2.16 bits per heavy atom. The summed E-state index contributed by atoms with van der Waals surface area (Å²) in [5.74, 6) is 0.205. The number of carbonyl (C=O) groups excluding carboxylic acids is 1. The SMILES string of the molecule is C[C@@]1(NC(=O)C2CCC2)CC2(CCN(c3ncco3)CC2)OC[C@H]1O. The predicted octanol–water partition coefficient (Wildman–Crippen LogP) is 1.47. The van der Waals surface area contributed by atoms with Crippen LogP contribution < -0.4 is 10.2 Å². The molecule has 138 valence electrons. The molecular weight excluding hydrogens is 322 g/mol. The van der Waals surface area contributed by atoms with Crippen LogP contribution in [0.15, 0.2) is 16.9 Å². The van der Waals surface area contributed by atoms with E-state index >= 15 is 0 Å². The van der Waals surface area contributed by atoms with Crippen LogP contribution in [0, 0.1) is 5.92 Å². The molecule has 0 bridgehead atoms. The Morgan fingerprint density at radius 1 is 1.40 bits per heavy atom. The van der Waals surface area contributed by atoms with Gasteiger partial charge in [0.2, 0.25) is 5.91 Å². The van der Waals surface area contributed by atoms with Gasteiger partial charge in [-0.15, -0.1) is 0 Å². The lowest BCUT2D eigenvalue weighted by Crippen LogP contribution is -2.66. The maximum atomic E-state index is 12.4. The number of nitrogens with one attached hydrogen (secondary N) is 1. The summed E-state index contributed by atoms with van der Waals surface area (Å²) in [5.41, 5.74) is -0.931. The molecule has 2 saturated heterocycles. The van der Waals surface area contributed by atoms with E-state index in [0.29, 0.717) is 12.4 Å². The first-order chi connectivity index (χ1) is 12.0. The molecule has 3 fully saturated rings. The molecule has 0 unspecified atom stereocenters. The third kappa shape index (κ3) is 3.15. The lowest BCUT2D eigenvalue weighted by Gasteiger charge is -2.52. The van der Waals surface area contributed by atoms with Gasteiger partial charge in [0.15, 0.2) is 0 Å². The van der Waals surface area contributed by atoms with Gasteiger partial charge >= 0.3 is 0 Å². The van der Waals surface area contributed by atoms with Crippen molar-refractivity contribution in [2.75, 3.05) is 24.6 Å². The van der Waals surface area contributed by atoms with E-state index in [-0.39, 0.29) is 24.0 Å². The zero-order valence-corrected chi connectivity index (χ0v) is 14.7. The maximum Gasteiger partial charge on any atom is 0.297 e. The molecule has 4 rings (SSSR count). The zero-order chi connectivity index (χ0) is 17.5. The summed E-state index contributed by atoms with van der Waals surface area (Å²) in [6.07, 6.45) is 7.91. The third-order valence-electron chi connectivity index (χ3n) is 6.22. The van der Waals surface area contributed by atoms with Gasteiger partial charge in [-0.25, -0.2) is 4.98 Å². The molecule has 0 radical (unpaired) electrons. The van der Waals surface area contributed by atoms with E-state index in [1.807, 2.05) is 6.92 Å². The van der Waals surface area contributed by atoms with Crippen LogP contribution >= 0.6 is 0 Å². The Bertz CT molecular complexity index is 608. The van der Waals surface area contributed by atoms with Gasteiger partial charge in [-0.2, -0.15) is 0 Å². The Morgan fingerprint density at radius 3 is 2.76 bits per heavy atom. The fourth-order valence-corrected chi connectivity index (χ4v) is 4.26. The summed E-state index contributed by atoms with van der Waals surface area (Å²) in [6, 6.07) is 0.645. The Hall–Kier alpha value is -1.60. The van der Waals surface area contributed by atoms with Gasteiger partial charge in [0.1, 0.15) is 12.4 Å². The van der Waals surface area contributed by atoms with Crippen molar-refractivity contribution in [3.05, 3.63) is 12.5 Å². The van der Waals surface area contributed by atoms with Crippen molar-refractivity contribution >= 4 is 11.9 Å². The van der Waals surface area contributed by atoms with E-state index in [2.05, 4.69) is 15.2 Å². The number of hydrogen-bond acceptors (Lipinski definition) is 6. The molecule has 1 aromatic heterocycles. The van der Waals surface area contributed by atoms with E-state index in [4.69, 9.17) is 9.15 Å². The molecule has 25 heavy (non-hydrogen) atoms. The summed E-state index contributed by atoms with van der Waals surface area (Å²) in [6.45, 7) is 3.81. The summed E-state index contributed by atoms with van der Waals surface area (Å²) >= 11 is 0. The highest BCUT2D eigenvalue weighted by Gasteiger charge is 2.50. The van der Waals surface area contributed by atoms with Crippen molar-refractivity contribution in [3.63, 3.8) is 0 Å². The molecule has 2 N–H and O–H groups in total. The number of hydrogen-bond donors (Lipinski definition) is 2. The molecule has 1 spiro atoms. The summed E-state index contributed by atoms with van der Waals surface area (Å²) < 4.78 is 11.5. The number of aliphatic hydroxyl groups excluding tert-OH is 1. The second-order valence-electron chi connectivity index (χ2n) is 8.02. The predicted molar refractivity (Wildman–Crippen MR) is 91.1 cm³/mol. The highest BCUT2D eigenvalue weighted by atomic mass is 16.5. The van der Waals surface area contributed by atoms with Gasteiger partial charge in [-0.1, -0.05) is 6.42 Å². The molecule has 2 atom stereocenters. The lowest BCUT2D eigenvalue weighted by atomic mass is 9.74. The van der Waals surface area contributed by atoms with Crippen molar-refractivity contribution < 1.29 is 19.1 Å². The number of carbonyl (C=O) groups is 1. The number of aliphatic hydroxyl groups is 1. The van der Waals surface area contributed by atoms with Gasteiger partial charge < -0.3 is 24.5 Å². The van der Waals surface area contributed by atoms with E-state index in [9.17, 15) is 9.90 Å². The first-order valence-corrected chi connectivity index (χ1v) is 9.28. The van der Waals surface area contributed by atoms with Crippen LogP contribution in [0.5, 0.6) is 0 Å². The molecule has 1 saturated carbocycles. The third-order valence-corrected chi connectivity index (χ3v) is 6.22. The van der Waals surface area contributed by atoms with Gasteiger partial charge in [0, 0.05) is 25.4 Å². The second-order valence-corrected chi connectivity index (χ2v) is 8.02. The molecule has 1 amide bonds. The van der Waals surface area contributed by atoms with Gasteiger partial charge in [0.25, 0.3) is 6.01 Å². The minimum atomic E-state index is -0.674. The summed E-state index contributed by atoms with van der Waals surface area (Å²) in [5, 5.41) is 13.6. The number of ether oxygens (including phenoxy) is 1. The van der Waals surface area contributed by atoms with E-state index in [0.717, 1.165) is 45.2 Å². The largest absolute Gasteiger partial charge is 0.432 e. The fraction of sp³-hybridized carbons (Fsp3) is 0.778.